The fraction of sp³-hybridized carbons (Fsp3) is 0.170. The number of fused-ring (bicyclic) bond motifs is 2. The maximum Gasteiger partial charge on any atom is 0.417 e. The molecule has 2 amide bonds. The largest absolute Gasteiger partial charge is 0.417 e. The number of amides is 2. The molecular formula is C47H37F5N10O4. The molecule has 5 heterocycles. The molecule has 14 nitrogen and oxygen atoms in total. The van der Waals surface area contributed by atoms with Crippen LogP contribution in [0.1, 0.15) is 51.5 Å². The van der Waals surface area contributed by atoms with Crippen molar-refractivity contribution < 1.29 is 40.6 Å². The van der Waals surface area contributed by atoms with E-state index in [0.29, 0.717) is 60.3 Å². The minimum Gasteiger partial charge on any atom is -0.350 e. The number of carbonyl (C=O) groups excluding carboxylic acids is 2. The molecule has 1 saturated carbocycles. The van der Waals surface area contributed by atoms with Crippen molar-refractivity contribution in [3.8, 4) is 34.5 Å². The number of nitrogens with two attached hydrogens (primary N) is 1. The van der Waals surface area contributed by atoms with Gasteiger partial charge < -0.3 is 34.5 Å². The number of halogens is 5. The Morgan fingerprint density at radius 2 is 1.23 bits per heavy atom. The highest BCUT2D eigenvalue weighted by Crippen LogP contribution is 2.37. The van der Waals surface area contributed by atoms with Crippen LogP contribution in [0.25, 0.3) is 56.3 Å². The van der Waals surface area contributed by atoms with Gasteiger partial charge in [-0.2, -0.15) is 23.1 Å². The predicted octanol–water partition coefficient (Wildman–Crippen LogP) is 8.71. The van der Waals surface area contributed by atoms with E-state index in [-0.39, 0.29) is 29.6 Å². The topological polar surface area (TPSA) is 185 Å². The first-order chi connectivity index (χ1) is 31.7. The molecule has 9 aromatic rings. The van der Waals surface area contributed by atoms with Gasteiger partial charge in [0.05, 0.1) is 22.2 Å². The lowest BCUT2D eigenvalue weighted by atomic mass is 10.1. The molecule has 4 aromatic carbocycles. The number of pyridine rings is 1. The van der Waals surface area contributed by atoms with E-state index < -0.39 is 29.1 Å². The van der Waals surface area contributed by atoms with Crippen molar-refractivity contribution in [2.24, 2.45) is 5.73 Å². The summed E-state index contributed by atoms with van der Waals surface area (Å²) in [6, 6.07) is 28.6. The lowest BCUT2D eigenvalue weighted by molar-refractivity contribution is -0.137. The maximum atomic E-state index is 13.9. The lowest BCUT2D eigenvalue weighted by Gasteiger charge is -2.18. The SMILES string of the molecule is Cc1noc(-c2cc3cc(F)ccc3n2-c2ccc(CN)cc2)n1.Cc1noc(-c2cc3cc(F)ccc3n2-c2ccc(CNC(=O)C3(NC(=O)c4cncc(C(F)(F)F)c4)CC3)cc2)n1. The van der Waals surface area contributed by atoms with Crippen LogP contribution in [0.2, 0.25) is 0 Å². The molecule has 0 spiro atoms. The molecule has 4 N–H and O–H groups in total. The predicted molar refractivity (Wildman–Crippen MR) is 231 cm³/mol. The van der Waals surface area contributed by atoms with Gasteiger partial charge in [0.1, 0.15) is 28.6 Å². The Labute approximate surface area is 371 Å². The van der Waals surface area contributed by atoms with Gasteiger partial charge in [-0.05, 0) is 117 Å². The zero-order valence-corrected chi connectivity index (χ0v) is 35.0. The normalized spacial score (nSPS) is 13.1. The third-order valence-corrected chi connectivity index (χ3v) is 11.0. The van der Waals surface area contributed by atoms with Crippen molar-refractivity contribution in [2.75, 3.05) is 0 Å². The van der Waals surface area contributed by atoms with Crippen LogP contribution in [0.5, 0.6) is 0 Å². The van der Waals surface area contributed by atoms with Gasteiger partial charge in [-0.25, -0.2) is 8.78 Å². The summed E-state index contributed by atoms with van der Waals surface area (Å²) >= 11 is 0. The molecule has 10 rings (SSSR count). The lowest BCUT2D eigenvalue weighted by Crippen LogP contribution is -2.48. The van der Waals surface area contributed by atoms with Crippen LogP contribution in [0.4, 0.5) is 22.0 Å². The van der Waals surface area contributed by atoms with Gasteiger partial charge in [0.25, 0.3) is 17.7 Å². The average molecular weight is 901 g/mol. The van der Waals surface area contributed by atoms with E-state index in [1.165, 1.54) is 24.3 Å². The highest BCUT2D eigenvalue weighted by atomic mass is 19.4. The number of nitrogens with one attached hydrogen (secondary N) is 2. The molecule has 66 heavy (non-hydrogen) atoms. The molecule has 1 aliphatic carbocycles. The molecule has 0 bridgehead atoms. The molecule has 19 heteroatoms. The average Bonchev–Trinajstić information content (AvgIpc) is 3.63. The Morgan fingerprint density at radius 3 is 1.68 bits per heavy atom. The molecule has 5 aromatic heterocycles. The van der Waals surface area contributed by atoms with Gasteiger partial charge in [0.2, 0.25) is 5.91 Å². The van der Waals surface area contributed by atoms with Crippen molar-refractivity contribution in [1.82, 2.24) is 45.0 Å². The molecule has 0 radical (unpaired) electrons. The second kappa shape index (κ2) is 17.1. The van der Waals surface area contributed by atoms with E-state index in [1.807, 2.05) is 51.6 Å². The van der Waals surface area contributed by atoms with Crippen LogP contribution >= 0.6 is 0 Å². The van der Waals surface area contributed by atoms with Gasteiger partial charge >= 0.3 is 6.18 Å². The fourth-order valence-corrected chi connectivity index (χ4v) is 7.48. The number of hydrogen-bond donors (Lipinski definition) is 3. The monoisotopic (exact) mass is 900 g/mol. The van der Waals surface area contributed by atoms with Crippen molar-refractivity contribution in [3.63, 3.8) is 0 Å². The van der Waals surface area contributed by atoms with E-state index in [2.05, 4.69) is 35.9 Å². The van der Waals surface area contributed by atoms with E-state index in [9.17, 15) is 31.5 Å². The first-order valence-electron chi connectivity index (χ1n) is 20.4. The Balaban J connectivity index is 0.000000192. The van der Waals surface area contributed by atoms with Crippen molar-refractivity contribution in [3.05, 3.63) is 161 Å². The number of alkyl halides is 3. The van der Waals surface area contributed by atoms with Crippen LogP contribution < -0.4 is 16.4 Å². The number of nitrogens with zero attached hydrogens (tertiary/aromatic N) is 7. The smallest absolute Gasteiger partial charge is 0.350 e. The van der Waals surface area contributed by atoms with Crippen LogP contribution in [0.3, 0.4) is 0 Å². The molecule has 334 valence electrons. The summed E-state index contributed by atoms with van der Waals surface area (Å²) in [5, 5.41) is 14.5. The zero-order chi connectivity index (χ0) is 46.3. The third-order valence-electron chi connectivity index (χ3n) is 11.0. The van der Waals surface area contributed by atoms with E-state index >= 15 is 0 Å². The van der Waals surface area contributed by atoms with Crippen molar-refractivity contribution in [1.29, 1.82) is 0 Å². The summed E-state index contributed by atoms with van der Waals surface area (Å²) in [6.45, 7) is 4.08. The summed E-state index contributed by atoms with van der Waals surface area (Å²) in [6.07, 6.45) is -2.28. The minimum absolute atomic E-state index is 0.148. The number of benzene rings is 4. The highest BCUT2D eigenvalue weighted by molar-refractivity contribution is 6.00. The third kappa shape index (κ3) is 8.75. The highest BCUT2D eigenvalue weighted by Gasteiger charge is 2.51. The van der Waals surface area contributed by atoms with Crippen LogP contribution in [-0.4, -0.2) is 51.8 Å². The standard InChI is InChI=1S/C29H22F4N6O3.C18H15FN4O/c1-16-36-26(42-38-16)24-12-18-11-21(30)4-7-23(18)39(24)22-5-2-17(3-6-22)13-35-27(41)28(8-9-28)37-25(40)19-10-20(15-34-14-19)29(31,32)33;1-11-21-18(24-22-11)17-9-13-8-14(19)4-7-16(13)23(17)15-5-2-12(10-20)3-6-15/h2-7,10-12,14-15H,8-9,13H2,1H3,(H,35,41)(H,37,40);2-9H,10,20H2,1H3. The molecule has 0 unspecified atom stereocenters. The fourth-order valence-electron chi connectivity index (χ4n) is 7.48. The zero-order valence-electron chi connectivity index (χ0n) is 35.0. The number of aryl methyl sites for hydroxylation is 2. The molecule has 1 fully saturated rings. The Hall–Kier alpha value is -8.06. The molecule has 0 saturated heterocycles. The van der Waals surface area contributed by atoms with Gasteiger partial charge in [-0.15, -0.1) is 0 Å². The van der Waals surface area contributed by atoms with Crippen molar-refractivity contribution in [2.45, 2.75) is 51.5 Å². The molecule has 1 aliphatic rings. The molecular weight excluding hydrogens is 864 g/mol. The Kier molecular flexibility index (Phi) is 11.2. The first-order valence-corrected chi connectivity index (χ1v) is 20.4. The maximum absolute atomic E-state index is 13.9. The number of aromatic nitrogens is 7. The minimum atomic E-state index is -4.65. The summed E-state index contributed by atoms with van der Waals surface area (Å²) in [5.74, 6) is -0.239. The van der Waals surface area contributed by atoms with Crippen molar-refractivity contribution >= 4 is 33.6 Å². The van der Waals surface area contributed by atoms with E-state index in [0.717, 1.165) is 50.8 Å². The summed E-state index contributed by atoms with van der Waals surface area (Å²) in [4.78, 5) is 37.7. The second-order valence-corrected chi connectivity index (χ2v) is 15.6. The van der Waals surface area contributed by atoms with Crippen LogP contribution in [0, 0.1) is 25.5 Å². The van der Waals surface area contributed by atoms with Crippen LogP contribution in [0.15, 0.2) is 125 Å². The number of carbonyl (C=O) groups is 2. The Bertz CT molecular complexity index is 3260. The van der Waals surface area contributed by atoms with E-state index in [4.69, 9.17) is 14.8 Å². The van der Waals surface area contributed by atoms with Gasteiger partial charge in [0.15, 0.2) is 11.6 Å². The van der Waals surface area contributed by atoms with Gasteiger partial charge in [0, 0.05) is 47.6 Å². The second-order valence-electron chi connectivity index (χ2n) is 15.6. The van der Waals surface area contributed by atoms with E-state index in [1.54, 1.807) is 44.2 Å². The summed E-state index contributed by atoms with van der Waals surface area (Å²) < 4.78 is 81.1. The first kappa shape index (κ1) is 43.2. The quantitative estimate of drug-likeness (QED) is 0.112. The number of hydrogen-bond acceptors (Lipinski definition) is 10. The summed E-state index contributed by atoms with van der Waals surface area (Å²) in [7, 11) is 0. The molecule has 0 atom stereocenters. The number of rotatable bonds is 10. The molecule has 0 aliphatic heterocycles. The Morgan fingerprint density at radius 1 is 0.712 bits per heavy atom. The van der Waals surface area contributed by atoms with Gasteiger partial charge in [-0.3, -0.25) is 14.6 Å². The van der Waals surface area contributed by atoms with Gasteiger partial charge in [-0.1, -0.05) is 34.6 Å². The summed E-state index contributed by atoms with van der Waals surface area (Å²) in [5.41, 5.74) is 9.48. The van der Waals surface area contributed by atoms with Crippen LogP contribution in [-0.2, 0) is 24.1 Å².